The molecule has 0 radical (unpaired) electrons. The third-order valence-electron chi connectivity index (χ3n) is 5.03. The fraction of sp³-hybridized carbons (Fsp3) is 0.579. The van der Waals surface area contributed by atoms with Crippen LogP contribution < -0.4 is 0 Å². The molecule has 2 aliphatic rings. The normalized spacial score (nSPS) is 19.4. The first-order valence-electron chi connectivity index (χ1n) is 8.85. The second kappa shape index (κ2) is 7.79. The summed E-state index contributed by atoms with van der Waals surface area (Å²) in [7, 11) is 0. The van der Waals surface area contributed by atoms with Gasteiger partial charge in [-0.2, -0.15) is 0 Å². The van der Waals surface area contributed by atoms with Crippen LogP contribution in [0.4, 0.5) is 0 Å². The molecule has 5 nitrogen and oxygen atoms in total. The molecule has 3 rings (SSSR count). The average molecular weight is 330 g/mol. The number of morpholine rings is 1. The molecule has 2 fully saturated rings. The number of rotatable bonds is 3. The zero-order chi connectivity index (χ0) is 16.9. The molecule has 2 aliphatic heterocycles. The molecule has 130 valence electrons. The van der Waals surface area contributed by atoms with Crippen LogP contribution in [-0.4, -0.2) is 61.0 Å². The Morgan fingerprint density at radius 2 is 1.62 bits per heavy atom. The van der Waals surface area contributed by atoms with Gasteiger partial charge in [0.05, 0.1) is 13.2 Å². The van der Waals surface area contributed by atoms with Crippen molar-refractivity contribution in [2.24, 2.45) is 5.92 Å². The monoisotopic (exact) mass is 330 g/mol. The van der Waals surface area contributed by atoms with Crippen molar-refractivity contribution in [3.8, 4) is 0 Å². The molecular weight excluding hydrogens is 304 g/mol. The predicted octanol–water partition coefficient (Wildman–Crippen LogP) is 2.10. The largest absolute Gasteiger partial charge is 0.378 e. The first kappa shape index (κ1) is 17.0. The van der Waals surface area contributed by atoms with Crippen LogP contribution in [0, 0.1) is 12.8 Å². The number of hydrogen-bond acceptors (Lipinski definition) is 3. The summed E-state index contributed by atoms with van der Waals surface area (Å²) in [5.74, 6) is 0.733. The second-order valence-corrected chi connectivity index (χ2v) is 6.80. The molecule has 0 N–H and O–H groups in total. The Balaban J connectivity index is 1.47. The van der Waals surface area contributed by atoms with Gasteiger partial charge in [0.2, 0.25) is 5.91 Å². The summed E-state index contributed by atoms with van der Waals surface area (Å²) in [5.41, 5.74) is 1.91. The van der Waals surface area contributed by atoms with Crippen LogP contribution in [0.3, 0.4) is 0 Å². The fourth-order valence-corrected chi connectivity index (χ4v) is 3.41. The molecule has 1 aromatic carbocycles. The number of benzene rings is 1. The van der Waals surface area contributed by atoms with E-state index in [9.17, 15) is 9.59 Å². The Morgan fingerprint density at radius 3 is 2.25 bits per heavy atom. The van der Waals surface area contributed by atoms with Gasteiger partial charge in [-0.1, -0.05) is 17.7 Å². The van der Waals surface area contributed by atoms with Gasteiger partial charge in [-0.15, -0.1) is 0 Å². The lowest BCUT2D eigenvalue weighted by molar-refractivity contribution is -0.136. The van der Waals surface area contributed by atoms with Gasteiger partial charge >= 0.3 is 0 Å². The molecule has 0 aromatic heterocycles. The zero-order valence-corrected chi connectivity index (χ0v) is 14.4. The summed E-state index contributed by atoms with van der Waals surface area (Å²) in [6.07, 6.45) is 2.42. The molecule has 2 amide bonds. The molecule has 1 aromatic rings. The van der Waals surface area contributed by atoms with Gasteiger partial charge in [0.25, 0.3) is 5.91 Å². The summed E-state index contributed by atoms with van der Waals surface area (Å²) in [5, 5.41) is 0. The second-order valence-electron chi connectivity index (χ2n) is 6.80. The van der Waals surface area contributed by atoms with Crippen molar-refractivity contribution in [2.45, 2.75) is 26.2 Å². The molecule has 0 aliphatic carbocycles. The molecule has 0 atom stereocenters. The Hall–Kier alpha value is -1.88. The topological polar surface area (TPSA) is 49.9 Å². The van der Waals surface area contributed by atoms with Crippen molar-refractivity contribution < 1.29 is 14.3 Å². The highest BCUT2D eigenvalue weighted by Crippen LogP contribution is 2.23. The molecule has 0 spiro atoms. The van der Waals surface area contributed by atoms with Crippen LogP contribution >= 0.6 is 0 Å². The maximum absolute atomic E-state index is 12.5. The fourth-order valence-electron chi connectivity index (χ4n) is 3.41. The van der Waals surface area contributed by atoms with Crippen LogP contribution in [0.2, 0.25) is 0 Å². The summed E-state index contributed by atoms with van der Waals surface area (Å²) < 4.78 is 5.29. The number of piperidine rings is 1. The summed E-state index contributed by atoms with van der Waals surface area (Å²) in [4.78, 5) is 28.7. The minimum Gasteiger partial charge on any atom is -0.378 e. The minimum absolute atomic E-state index is 0.105. The van der Waals surface area contributed by atoms with Crippen molar-refractivity contribution >= 4 is 11.8 Å². The first-order valence-corrected chi connectivity index (χ1v) is 8.85. The lowest BCUT2D eigenvalue weighted by Crippen LogP contribution is -2.43. The van der Waals surface area contributed by atoms with E-state index in [0.29, 0.717) is 38.6 Å². The third kappa shape index (κ3) is 4.15. The van der Waals surface area contributed by atoms with E-state index in [2.05, 4.69) is 0 Å². The van der Waals surface area contributed by atoms with E-state index in [1.807, 2.05) is 41.0 Å². The lowest BCUT2D eigenvalue weighted by atomic mass is 9.92. The van der Waals surface area contributed by atoms with E-state index in [1.54, 1.807) is 0 Å². The Labute approximate surface area is 143 Å². The van der Waals surface area contributed by atoms with Crippen molar-refractivity contribution in [3.05, 3.63) is 35.4 Å². The van der Waals surface area contributed by atoms with Gasteiger partial charge in [0, 0.05) is 38.2 Å². The summed E-state index contributed by atoms with van der Waals surface area (Å²) in [6, 6.07) is 7.74. The Kier molecular flexibility index (Phi) is 5.51. The highest BCUT2D eigenvalue weighted by atomic mass is 16.5. The number of carbonyl (C=O) groups is 2. The van der Waals surface area contributed by atoms with Crippen LogP contribution in [-0.2, 0) is 9.53 Å². The molecular formula is C19H26N2O3. The van der Waals surface area contributed by atoms with Gasteiger partial charge in [0.1, 0.15) is 0 Å². The lowest BCUT2D eigenvalue weighted by Gasteiger charge is -2.33. The van der Waals surface area contributed by atoms with Crippen molar-refractivity contribution in [1.29, 1.82) is 0 Å². The molecule has 0 bridgehead atoms. The number of carbonyl (C=O) groups excluding carboxylic acids is 2. The zero-order valence-electron chi connectivity index (χ0n) is 14.4. The molecule has 5 heteroatoms. The van der Waals surface area contributed by atoms with Crippen molar-refractivity contribution in [3.63, 3.8) is 0 Å². The molecule has 0 unspecified atom stereocenters. The van der Waals surface area contributed by atoms with E-state index in [0.717, 1.165) is 37.1 Å². The van der Waals surface area contributed by atoms with Crippen LogP contribution in [0.5, 0.6) is 0 Å². The number of ether oxygens (including phenoxy) is 1. The minimum atomic E-state index is 0.105. The average Bonchev–Trinajstić information content (AvgIpc) is 2.63. The number of hydrogen-bond donors (Lipinski definition) is 0. The van der Waals surface area contributed by atoms with Crippen LogP contribution in [0.1, 0.15) is 35.2 Å². The predicted molar refractivity (Wildman–Crippen MR) is 91.8 cm³/mol. The van der Waals surface area contributed by atoms with Gasteiger partial charge in [-0.05, 0) is 37.8 Å². The third-order valence-corrected chi connectivity index (χ3v) is 5.03. The van der Waals surface area contributed by atoms with Gasteiger partial charge in [0.15, 0.2) is 0 Å². The van der Waals surface area contributed by atoms with E-state index in [4.69, 9.17) is 4.74 Å². The van der Waals surface area contributed by atoms with Crippen LogP contribution in [0.15, 0.2) is 24.3 Å². The van der Waals surface area contributed by atoms with E-state index < -0.39 is 0 Å². The quantitative estimate of drug-likeness (QED) is 0.853. The number of likely N-dealkylation sites (tertiary alicyclic amines) is 1. The molecule has 0 saturated carbocycles. The van der Waals surface area contributed by atoms with E-state index in [1.165, 1.54) is 0 Å². The summed E-state index contributed by atoms with van der Waals surface area (Å²) >= 11 is 0. The summed E-state index contributed by atoms with van der Waals surface area (Å²) in [6.45, 7) is 6.23. The van der Waals surface area contributed by atoms with Gasteiger partial charge in [-0.25, -0.2) is 0 Å². The SMILES string of the molecule is Cc1ccc(C(=O)N2CCC(CC(=O)N3CCOCC3)CC2)cc1. The standard InChI is InChI=1S/C19H26N2O3/c1-15-2-4-17(5-3-15)19(23)21-8-6-16(7-9-21)14-18(22)20-10-12-24-13-11-20/h2-5,16H,6-14H2,1H3. The highest BCUT2D eigenvalue weighted by Gasteiger charge is 2.27. The molecule has 24 heavy (non-hydrogen) atoms. The van der Waals surface area contributed by atoms with Gasteiger partial charge < -0.3 is 14.5 Å². The van der Waals surface area contributed by atoms with Crippen molar-refractivity contribution in [2.75, 3.05) is 39.4 Å². The highest BCUT2D eigenvalue weighted by molar-refractivity contribution is 5.94. The Bertz CT molecular complexity index is 571. The Morgan fingerprint density at radius 1 is 1.00 bits per heavy atom. The van der Waals surface area contributed by atoms with E-state index >= 15 is 0 Å². The number of nitrogens with zero attached hydrogens (tertiary/aromatic N) is 2. The van der Waals surface area contributed by atoms with Crippen LogP contribution in [0.25, 0.3) is 0 Å². The van der Waals surface area contributed by atoms with E-state index in [-0.39, 0.29) is 11.8 Å². The maximum Gasteiger partial charge on any atom is 0.253 e. The van der Waals surface area contributed by atoms with Crippen molar-refractivity contribution in [1.82, 2.24) is 9.80 Å². The number of amides is 2. The molecule has 2 saturated heterocycles. The maximum atomic E-state index is 12.5. The molecule has 2 heterocycles. The number of aryl methyl sites for hydroxylation is 1. The first-order chi connectivity index (χ1) is 11.6. The smallest absolute Gasteiger partial charge is 0.253 e. The van der Waals surface area contributed by atoms with Gasteiger partial charge in [-0.3, -0.25) is 9.59 Å².